The van der Waals surface area contributed by atoms with E-state index in [0.29, 0.717) is 0 Å². The molecule has 0 fully saturated rings. The third kappa shape index (κ3) is 8.90. The highest BCUT2D eigenvalue weighted by molar-refractivity contribution is 5.82. The molecule has 0 bridgehead atoms. The van der Waals surface area contributed by atoms with Gasteiger partial charge < -0.3 is 22.9 Å². The van der Waals surface area contributed by atoms with E-state index in [1.165, 1.54) is 0 Å². The summed E-state index contributed by atoms with van der Waals surface area (Å²) in [5, 5.41) is 11.1. The van der Waals surface area contributed by atoms with Crippen LogP contribution in [0.15, 0.2) is 0 Å². The standard InChI is InChI=1S/C2H6N4O.ClH/c3-1(4)7-2(5)6;/h(H3,3,4)(H3,5,6);1H. The van der Waals surface area contributed by atoms with Crippen LogP contribution < -0.4 is 29.3 Å². The second-order valence-electron chi connectivity index (χ2n) is 0.869. The number of amidine groups is 2. The Morgan fingerprint density at radius 1 is 1.50 bits per heavy atom. The Morgan fingerprint density at radius 3 is 1.88 bits per heavy atom. The average molecular weight is 139 g/mol. The van der Waals surface area contributed by atoms with Gasteiger partial charge in [-0.2, -0.15) is 0 Å². The maximum Gasteiger partial charge on any atom is 0.445 e. The Hall–Kier alpha value is -0.970. The van der Waals surface area contributed by atoms with Crippen LogP contribution in [-0.4, -0.2) is 12.0 Å². The summed E-state index contributed by atoms with van der Waals surface area (Å²) in [6.07, 6.45) is 0. The molecule has 6 heteroatoms. The predicted octanol–water partition coefficient (Wildman–Crippen LogP) is -6.03. The number of nitrogens with two attached hydrogens (primary N) is 3. The third-order valence-electron chi connectivity index (χ3n) is 0.228. The molecule has 0 rings (SSSR count). The molecule has 0 aromatic carbocycles. The molecule has 0 radical (unpaired) electrons. The lowest BCUT2D eigenvalue weighted by Gasteiger charge is -1.89. The van der Waals surface area contributed by atoms with Crippen LogP contribution >= 0.6 is 0 Å². The number of hydrogen-bond donors (Lipinski definition) is 4. The van der Waals surface area contributed by atoms with Crippen molar-refractivity contribution in [1.29, 1.82) is 5.41 Å². The lowest BCUT2D eigenvalue weighted by atomic mass is 11.1. The molecule has 0 aliphatic carbocycles. The maximum absolute atomic E-state index is 6.40. The fourth-order valence-electron chi connectivity index (χ4n) is 0.127. The minimum Gasteiger partial charge on any atom is -1.00 e. The van der Waals surface area contributed by atoms with E-state index >= 15 is 0 Å². The average Bonchev–Trinajstić information content (AvgIpc) is 1.27. The lowest BCUT2D eigenvalue weighted by Crippen LogP contribution is -3.00. The molecule has 0 spiro atoms. The molecule has 0 aliphatic heterocycles. The molecule has 0 aromatic heterocycles. The minimum atomic E-state index is -0.500. The van der Waals surface area contributed by atoms with Crippen LogP contribution in [0.25, 0.3) is 0 Å². The van der Waals surface area contributed by atoms with Crippen molar-refractivity contribution in [3.05, 3.63) is 0 Å². The maximum atomic E-state index is 6.40. The largest absolute Gasteiger partial charge is 1.00 e. The normalized spacial score (nSPS) is 6.50. The van der Waals surface area contributed by atoms with E-state index in [2.05, 4.69) is 10.5 Å². The zero-order valence-electron chi connectivity index (χ0n) is 4.02. The van der Waals surface area contributed by atoms with Gasteiger partial charge in [-0.25, -0.2) is 0 Å². The van der Waals surface area contributed by atoms with Crippen molar-refractivity contribution in [1.82, 2.24) is 0 Å². The van der Waals surface area contributed by atoms with E-state index < -0.39 is 6.02 Å². The summed E-state index contributed by atoms with van der Waals surface area (Å²) in [5.41, 5.74) is 9.42. The van der Waals surface area contributed by atoms with Crippen molar-refractivity contribution >= 4 is 12.0 Å². The van der Waals surface area contributed by atoms with Gasteiger partial charge in [0.2, 0.25) is 0 Å². The summed E-state index contributed by atoms with van der Waals surface area (Å²) in [6.45, 7) is 0. The number of halogens is 1. The lowest BCUT2D eigenvalue weighted by molar-refractivity contribution is -0.134. The van der Waals surface area contributed by atoms with E-state index in [4.69, 9.17) is 16.6 Å². The zero-order valence-corrected chi connectivity index (χ0v) is 4.77. The molecule has 5 nitrogen and oxygen atoms in total. The smallest absolute Gasteiger partial charge is 0.445 e. The third-order valence-corrected chi connectivity index (χ3v) is 0.228. The fourth-order valence-corrected chi connectivity index (χ4v) is 0.127. The first kappa shape index (κ1) is 10.1. The van der Waals surface area contributed by atoms with Crippen LogP contribution in [0.5, 0.6) is 0 Å². The van der Waals surface area contributed by atoms with Gasteiger partial charge in [-0.1, -0.05) is 0 Å². The van der Waals surface area contributed by atoms with Gasteiger partial charge in [-0.3, -0.25) is 16.6 Å². The van der Waals surface area contributed by atoms with Crippen LogP contribution in [0, 0.1) is 5.41 Å². The van der Waals surface area contributed by atoms with Gasteiger partial charge >= 0.3 is 6.02 Å². The van der Waals surface area contributed by atoms with Crippen LogP contribution in [0.2, 0.25) is 0 Å². The molecule has 8 heavy (non-hydrogen) atoms. The van der Waals surface area contributed by atoms with Crippen molar-refractivity contribution in [3.63, 3.8) is 0 Å². The molecule has 0 aliphatic rings. The van der Waals surface area contributed by atoms with Gasteiger partial charge in [-0.15, -0.1) is 0 Å². The minimum absolute atomic E-state index is 0. The molecule has 0 unspecified atom stereocenters. The summed E-state index contributed by atoms with van der Waals surface area (Å²) in [7, 11) is 0. The van der Waals surface area contributed by atoms with Gasteiger partial charge in [0.25, 0.3) is 6.02 Å². The van der Waals surface area contributed by atoms with Crippen molar-refractivity contribution in [3.8, 4) is 0 Å². The Balaban J connectivity index is 0. The summed E-state index contributed by atoms with van der Waals surface area (Å²) < 4.78 is 4.08. The SMILES string of the molecule is N=C(N)OC(N)=[NH2+].[Cl-]. The number of nitrogens with one attached hydrogen (secondary N) is 1. The van der Waals surface area contributed by atoms with Crippen molar-refractivity contribution in [2.75, 3.05) is 0 Å². The summed E-state index contributed by atoms with van der Waals surface area (Å²) in [4.78, 5) is 0. The number of ether oxygens (including phenoxy) is 1. The topological polar surface area (TPSA) is 111 Å². The molecular weight excluding hydrogens is 132 g/mol. The molecule has 0 saturated heterocycles. The first-order valence-corrected chi connectivity index (χ1v) is 1.52. The van der Waals surface area contributed by atoms with Crippen molar-refractivity contribution in [2.24, 2.45) is 11.5 Å². The molecule has 0 aromatic rings. The highest BCUT2D eigenvalue weighted by Gasteiger charge is 1.93. The van der Waals surface area contributed by atoms with Crippen LogP contribution in [0.1, 0.15) is 0 Å². The Bertz CT molecular complexity index is 90.2. The Kier molecular flexibility index (Phi) is 5.30. The van der Waals surface area contributed by atoms with E-state index in [9.17, 15) is 0 Å². The van der Waals surface area contributed by atoms with Crippen LogP contribution in [0.4, 0.5) is 0 Å². The first-order chi connectivity index (χ1) is 3.13. The molecule has 0 heterocycles. The quantitative estimate of drug-likeness (QED) is 0.198. The van der Waals surface area contributed by atoms with Gasteiger partial charge in [0.15, 0.2) is 0 Å². The van der Waals surface area contributed by atoms with Crippen molar-refractivity contribution < 1.29 is 22.6 Å². The summed E-state index contributed by atoms with van der Waals surface area (Å²) >= 11 is 0. The van der Waals surface area contributed by atoms with Gasteiger partial charge in [-0.05, 0) is 0 Å². The van der Waals surface area contributed by atoms with Gasteiger partial charge in [0.05, 0.1) is 0 Å². The van der Waals surface area contributed by atoms with Crippen LogP contribution in [0.3, 0.4) is 0 Å². The molecule has 0 amide bonds. The molecular formula is C2H7ClN4O. The van der Waals surface area contributed by atoms with Gasteiger partial charge in [0.1, 0.15) is 0 Å². The monoisotopic (exact) mass is 138 g/mol. The number of hydrogen-bond acceptors (Lipinski definition) is 2. The van der Waals surface area contributed by atoms with E-state index in [-0.39, 0.29) is 18.4 Å². The second kappa shape index (κ2) is 4.20. The zero-order chi connectivity index (χ0) is 5.86. The first-order valence-electron chi connectivity index (χ1n) is 1.52. The number of rotatable bonds is 0. The van der Waals surface area contributed by atoms with E-state index in [1.807, 2.05) is 0 Å². The van der Waals surface area contributed by atoms with Crippen LogP contribution in [-0.2, 0) is 4.74 Å². The molecule has 0 atom stereocenters. The highest BCUT2D eigenvalue weighted by Crippen LogP contribution is 1.58. The molecule has 48 valence electrons. The second-order valence-corrected chi connectivity index (χ2v) is 0.869. The predicted molar refractivity (Wildman–Crippen MR) is 24.1 cm³/mol. The molecule has 7 N–H and O–H groups in total. The summed E-state index contributed by atoms with van der Waals surface area (Å²) in [6, 6.07) is -0.812. The highest BCUT2D eigenvalue weighted by atomic mass is 35.5. The fraction of sp³-hybridized carbons (Fsp3) is 0. The Labute approximate surface area is 52.4 Å². The van der Waals surface area contributed by atoms with E-state index in [1.54, 1.807) is 0 Å². The van der Waals surface area contributed by atoms with Gasteiger partial charge in [0, 0.05) is 0 Å². The van der Waals surface area contributed by atoms with Crippen molar-refractivity contribution in [2.45, 2.75) is 0 Å². The Morgan fingerprint density at radius 2 is 1.88 bits per heavy atom. The van der Waals surface area contributed by atoms with E-state index in [0.717, 1.165) is 0 Å². The summed E-state index contributed by atoms with van der Waals surface area (Å²) in [5.74, 6) is 0. The molecule has 0 saturated carbocycles.